The first-order valence-electron chi connectivity index (χ1n) is 4.59. The van der Waals surface area contributed by atoms with Crippen molar-refractivity contribution in [1.29, 1.82) is 0 Å². The number of hydrogen-bond donors (Lipinski definition) is 3. The zero-order valence-electron chi connectivity index (χ0n) is 7.71. The number of carbonyl (C=O) groups excluding carboxylic acids is 1. The van der Waals surface area contributed by atoms with Crippen molar-refractivity contribution in [2.75, 3.05) is 20.1 Å². The first-order chi connectivity index (χ1) is 6.16. The smallest absolute Gasteiger partial charge is 0.319 e. The number of carbonyl (C=O) groups is 1. The molecule has 0 saturated carbocycles. The summed E-state index contributed by atoms with van der Waals surface area (Å²) >= 11 is 0. The van der Waals surface area contributed by atoms with Gasteiger partial charge in [0.05, 0.1) is 5.54 Å². The minimum absolute atomic E-state index is 0.172. The highest BCUT2D eigenvalue weighted by Crippen LogP contribution is 2.29. The molecule has 2 fully saturated rings. The summed E-state index contributed by atoms with van der Waals surface area (Å²) in [7, 11) is 1.62. The van der Waals surface area contributed by atoms with E-state index in [1.54, 1.807) is 7.05 Å². The summed E-state index contributed by atoms with van der Waals surface area (Å²) in [6, 6.07) is -0.172. The van der Waals surface area contributed by atoms with E-state index >= 15 is 0 Å². The van der Waals surface area contributed by atoms with E-state index in [0.29, 0.717) is 0 Å². The number of urea groups is 1. The molecule has 2 aliphatic heterocycles. The number of aliphatic hydroxyl groups is 1. The Balaban J connectivity index is 2.18. The molecule has 1 spiro atoms. The van der Waals surface area contributed by atoms with Gasteiger partial charge in [-0.15, -0.1) is 0 Å². The fourth-order valence-corrected chi connectivity index (χ4v) is 2.10. The molecule has 5 nitrogen and oxygen atoms in total. The van der Waals surface area contributed by atoms with Crippen LogP contribution in [-0.4, -0.2) is 47.9 Å². The highest BCUT2D eigenvalue weighted by molar-refractivity contribution is 5.78. The van der Waals surface area contributed by atoms with Crippen molar-refractivity contribution in [3.8, 4) is 0 Å². The molecule has 0 aromatic heterocycles. The first-order valence-corrected chi connectivity index (χ1v) is 4.59. The Morgan fingerprint density at radius 2 is 2.15 bits per heavy atom. The average Bonchev–Trinajstić information content (AvgIpc) is 2.33. The van der Waals surface area contributed by atoms with Crippen LogP contribution in [-0.2, 0) is 0 Å². The van der Waals surface area contributed by atoms with Gasteiger partial charge in [-0.3, -0.25) is 4.90 Å². The van der Waals surface area contributed by atoms with E-state index in [1.807, 2.05) is 0 Å². The van der Waals surface area contributed by atoms with E-state index in [9.17, 15) is 9.90 Å². The molecular weight excluding hydrogens is 170 g/mol. The van der Waals surface area contributed by atoms with Crippen molar-refractivity contribution >= 4 is 6.03 Å². The van der Waals surface area contributed by atoms with E-state index in [-0.39, 0.29) is 6.03 Å². The van der Waals surface area contributed by atoms with Gasteiger partial charge in [-0.1, -0.05) is 0 Å². The maximum atomic E-state index is 11.3. The molecule has 5 heteroatoms. The highest BCUT2D eigenvalue weighted by Gasteiger charge is 2.49. The lowest BCUT2D eigenvalue weighted by molar-refractivity contribution is 0.000857. The molecule has 0 radical (unpaired) electrons. The molecule has 2 saturated heterocycles. The van der Waals surface area contributed by atoms with Gasteiger partial charge in [0.25, 0.3) is 0 Å². The number of nitrogens with zero attached hydrogens (tertiary/aromatic N) is 1. The van der Waals surface area contributed by atoms with Crippen molar-refractivity contribution in [2.24, 2.45) is 0 Å². The lowest BCUT2D eigenvalue weighted by Crippen LogP contribution is -2.55. The van der Waals surface area contributed by atoms with Crippen LogP contribution in [0.25, 0.3) is 0 Å². The number of aliphatic hydroxyl groups excluding tert-OH is 1. The average molecular weight is 185 g/mol. The number of nitrogens with one attached hydrogen (secondary N) is 2. The molecule has 0 aromatic rings. The topological polar surface area (TPSA) is 64.6 Å². The van der Waals surface area contributed by atoms with Crippen molar-refractivity contribution in [1.82, 2.24) is 15.5 Å². The van der Waals surface area contributed by atoms with Crippen molar-refractivity contribution in [3.63, 3.8) is 0 Å². The fraction of sp³-hybridized carbons (Fsp3) is 0.875. The summed E-state index contributed by atoms with van der Waals surface area (Å²) in [6.07, 6.45) is 0.913. The predicted octanol–water partition coefficient (Wildman–Crippen LogP) is -0.918. The number of hydrogen-bond acceptors (Lipinski definition) is 3. The second kappa shape index (κ2) is 2.85. The van der Waals surface area contributed by atoms with E-state index in [4.69, 9.17) is 0 Å². The Kier molecular flexibility index (Phi) is 1.92. The lowest BCUT2D eigenvalue weighted by Gasteiger charge is -2.36. The van der Waals surface area contributed by atoms with Crippen LogP contribution in [0.15, 0.2) is 0 Å². The third-order valence-corrected chi connectivity index (χ3v) is 3.03. The molecule has 0 bridgehead atoms. The Labute approximate surface area is 77.1 Å². The van der Waals surface area contributed by atoms with Gasteiger partial charge in [0.15, 0.2) is 6.23 Å². The van der Waals surface area contributed by atoms with Crippen LogP contribution in [0.3, 0.4) is 0 Å². The van der Waals surface area contributed by atoms with Crippen LogP contribution in [0.4, 0.5) is 4.79 Å². The molecule has 3 N–H and O–H groups in total. The molecule has 2 heterocycles. The first kappa shape index (κ1) is 8.77. The minimum atomic E-state index is -0.679. The third kappa shape index (κ3) is 1.19. The third-order valence-electron chi connectivity index (χ3n) is 3.03. The highest BCUT2D eigenvalue weighted by atomic mass is 16.3. The van der Waals surface area contributed by atoms with Gasteiger partial charge in [-0.25, -0.2) is 4.79 Å². The summed E-state index contributed by atoms with van der Waals surface area (Å²) in [5, 5.41) is 15.9. The Morgan fingerprint density at radius 3 is 2.62 bits per heavy atom. The molecule has 2 aliphatic rings. The normalized spacial score (nSPS) is 32.3. The maximum Gasteiger partial charge on any atom is 0.319 e. The summed E-state index contributed by atoms with van der Waals surface area (Å²) < 4.78 is 0. The lowest BCUT2D eigenvalue weighted by atomic mass is 9.87. The molecule has 1 unspecified atom stereocenters. The summed E-state index contributed by atoms with van der Waals surface area (Å²) in [5.41, 5.74) is -0.406. The van der Waals surface area contributed by atoms with E-state index in [0.717, 1.165) is 25.9 Å². The fourth-order valence-electron chi connectivity index (χ4n) is 2.10. The molecule has 2 amide bonds. The molecular formula is C8H15N3O2. The van der Waals surface area contributed by atoms with Crippen molar-refractivity contribution in [3.05, 3.63) is 0 Å². The van der Waals surface area contributed by atoms with Gasteiger partial charge < -0.3 is 15.7 Å². The molecule has 0 aromatic carbocycles. The number of rotatable bonds is 0. The van der Waals surface area contributed by atoms with Crippen LogP contribution in [0, 0.1) is 0 Å². The quantitative estimate of drug-likeness (QED) is 0.457. The monoisotopic (exact) mass is 185 g/mol. The molecule has 0 aliphatic carbocycles. The molecule has 74 valence electrons. The molecule has 2 rings (SSSR count). The van der Waals surface area contributed by atoms with Gasteiger partial charge in [0.2, 0.25) is 0 Å². The van der Waals surface area contributed by atoms with Gasteiger partial charge in [-0.05, 0) is 25.9 Å². The summed E-state index contributed by atoms with van der Waals surface area (Å²) in [6.45, 7) is 1.70. The van der Waals surface area contributed by atoms with Gasteiger partial charge in [-0.2, -0.15) is 0 Å². The van der Waals surface area contributed by atoms with Crippen LogP contribution in [0.1, 0.15) is 12.8 Å². The van der Waals surface area contributed by atoms with Crippen LogP contribution in [0.2, 0.25) is 0 Å². The van der Waals surface area contributed by atoms with Gasteiger partial charge in [0.1, 0.15) is 0 Å². The number of likely N-dealkylation sites (N-methyl/N-ethyl adjacent to an activating group) is 1. The molecule has 13 heavy (non-hydrogen) atoms. The zero-order chi connectivity index (χ0) is 9.47. The summed E-state index contributed by atoms with van der Waals surface area (Å²) in [4.78, 5) is 12.7. The minimum Gasteiger partial charge on any atom is -0.371 e. The Bertz CT molecular complexity index is 225. The number of amides is 2. The number of piperidine rings is 1. The SMILES string of the molecule is CN1C(=O)NC2(CCNCC2)C1O. The van der Waals surface area contributed by atoms with Crippen LogP contribution < -0.4 is 10.6 Å². The van der Waals surface area contributed by atoms with E-state index in [1.165, 1.54) is 4.90 Å². The maximum absolute atomic E-state index is 11.3. The van der Waals surface area contributed by atoms with Crippen molar-refractivity contribution in [2.45, 2.75) is 24.6 Å². The van der Waals surface area contributed by atoms with Gasteiger partial charge >= 0.3 is 6.03 Å². The second-order valence-electron chi connectivity index (χ2n) is 3.82. The van der Waals surface area contributed by atoms with E-state index < -0.39 is 11.8 Å². The Morgan fingerprint density at radius 1 is 1.54 bits per heavy atom. The zero-order valence-corrected chi connectivity index (χ0v) is 7.71. The van der Waals surface area contributed by atoms with Crippen LogP contribution >= 0.6 is 0 Å². The molecule has 1 atom stereocenters. The van der Waals surface area contributed by atoms with Gasteiger partial charge in [0, 0.05) is 7.05 Å². The predicted molar refractivity (Wildman–Crippen MR) is 47.1 cm³/mol. The Hall–Kier alpha value is -0.810. The largest absolute Gasteiger partial charge is 0.371 e. The van der Waals surface area contributed by atoms with Crippen LogP contribution in [0.5, 0.6) is 0 Å². The standard InChI is InChI=1S/C8H15N3O2/c1-11-6(12)8(10-7(11)13)2-4-9-5-3-8/h6,9,12H,2-5H2,1H3,(H,10,13). The summed E-state index contributed by atoms with van der Waals surface area (Å²) in [5.74, 6) is 0. The van der Waals surface area contributed by atoms with Crippen molar-refractivity contribution < 1.29 is 9.90 Å². The van der Waals surface area contributed by atoms with E-state index in [2.05, 4.69) is 10.6 Å². The second-order valence-corrected chi connectivity index (χ2v) is 3.82.